The lowest BCUT2D eigenvalue weighted by atomic mass is 9.85. The molecule has 1 aromatic rings. The fraction of sp³-hybridized carbons (Fsp3) is 0.667. The monoisotopic (exact) mass is 424 g/mol. The molecule has 26 heavy (non-hydrogen) atoms. The Morgan fingerprint density at radius 1 is 1.15 bits per heavy atom. The number of piperidine rings is 1. The fourth-order valence-electron chi connectivity index (χ4n) is 3.74. The number of nitrogens with zero attached hydrogens (tertiary/aromatic N) is 3. The van der Waals surface area contributed by atoms with Crippen molar-refractivity contribution in [2.45, 2.75) is 44.7 Å². The van der Waals surface area contributed by atoms with Crippen molar-refractivity contribution in [3.8, 4) is 0 Å². The first kappa shape index (κ1) is 25.4. The van der Waals surface area contributed by atoms with E-state index in [0.717, 1.165) is 64.2 Å². The Balaban J connectivity index is 0.00000208. The maximum atomic E-state index is 13.0. The quantitative estimate of drug-likeness (QED) is 0.806. The molecule has 5 nitrogen and oxygen atoms in total. The molecule has 0 unspecified atom stereocenters. The lowest BCUT2D eigenvalue weighted by Gasteiger charge is -2.43. The van der Waals surface area contributed by atoms with Gasteiger partial charge in [0.15, 0.2) is 0 Å². The maximum Gasteiger partial charge on any atom is 0.242 e. The highest BCUT2D eigenvalue weighted by Crippen LogP contribution is 2.26. The summed E-state index contributed by atoms with van der Waals surface area (Å²) in [5.74, 6) is 0.317. The molecule has 2 fully saturated rings. The zero-order valence-electron chi connectivity index (χ0n) is 15.4. The van der Waals surface area contributed by atoms with Crippen LogP contribution in [-0.2, 0) is 11.3 Å². The summed E-state index contributed by atoms with van der Waals surface area (Å²) >= 11 is 0. The third-order valence-electron chi connectivity index (χ3n) is 5.28. The summed E-state index contributed by atoms with van der Waals surface area (Å²) in [6, 6.07) is 6.04. The molecule has 1 atom stereocenters. The third-order valence-corrected chi connectivity index (χ3v) is 5.28. The topological polar surface area (TPSA) is 48.5 Å². The van der Waals surface area contributed by atoms with Crippen LogP contribution in [0.2, 0.25) is 0 Å². The summed E-state index contributed by atoms with van der Waals surface area (Å²) in [4.78, 5) is 21.9. The molecule has 3 heterocycles. The predicted molar refractivity (Wildman–Crippen MR) is 113 cm³/mol. The molecule has 1 amide bonds. The van der Waals surface area contributed by atoms with E-state index in [1.54, 1.807) is 0 Å². The van der Waals surface area contributed by atoms with Crippen molar-refractivity contribution < 1.29 is 4.79 Å². The number of pyridine rings is 1. The molecular formula is C18H31Cl3N4O. The minimum Gasteiger partial charge on any atom is -0.339 e. The molecule has 1 N–H and O–H groups in total. The van der Waals surface area contributed by atoms with Gasteiger partial charge in [0.2, 0.25) is 5.91 Å². The number of piperazine rings is 1. The molecule has 0 bridgehead atoms. The van der Waals surface area contributed by atoms with E-state index in [1.165, 1.54) is 6.42 Å². The SMILES string of the molecule is CC[C@@]1(C(=O)N2CCN(Cc3ccccn3)CC2)CCCCN1.Cl.Cl.Cl. The van der Waals surface area contributed by atoms with Crippen LogP contribution in [-0.4, -0.2) is 59.0 Å². The maximum absolute atomic E-state index is 13.0. The van der Waals surface area contributed by atoms with Crippen LogP contribution >= 0.6 is 37.2 Å². The summed E-state index contributed by atoms with van der Waals surface area (Å²) in [6.45, 7) is 7.50. The molecule has 2 aliphatic rings. The van der Waals surface area contributed by atoms with Crippen molar-refractivity contribution in [2.75, 3.05) is 32.7 Å². The average molecular weight is 426 g/mol. The number of nitrogens with one attached hydrogen (secondary N) is 1. The Hall–Kier alpha value is -0.590. The minimum absolute atomic E-state index is 0. The summed E-state index contributed by atoms with van der Waals surface area (Å²) in [5, 5.41) is 3.52. The number of carbonyl (C=O) groups excluding carboxylic acids is 1. The molecule has 1 aromatic heterocycles. The second kappa shape index (κ2) is 12.0. The second-order valence-electron chi connectivity index (χ2n) is 6.71. The normalized spacial score (nSPS) is 23.2. The van der Waals surface area contributed by atoms with Crippen LogP contribution in [0.5, 0.6) is 0 Å². The van der Waals surface area contributed by atoms with Crippen molar-refractivity contribution >= 4 is 43.1 Å². The molecule has 0 saturated carbocycles. The first-order valence-electron chi connectivity index (χ1n) is 8.90. The smallest absolute Gasteiger partial charge is 0.242 e. The van der Waals surface area contributed by atoms with Gasteiger partial charge in [-0.15, -0.1) is 37.2 Å². The van der Waals surface area contributed by atoms with Crippen molar-refractivity contribution in [3.63, 3.8) is 0 Å². The molecule has 0 radical (unpaired) electrons. The van der Waals surface area contributed by atoms with E-state index in [1.807, 2.05) is 18.3 Å². The van der Waals surface area contributed by atoms with Crippen LogP contribution in [0.4, 0.5) is 0 Å². The largest absolute Gasteiger partial charge is 0.339 e. The number of carbonyl (C=O) groups is 1. The van der Waals surface area contributed by atoms with Crippen molar-refractivity contribution in [1.29, 1.82) is 0 Å². The van der Waals surface area contributed by atoms with Crippen LogP contribution in [0.1, 0.15) is 38.3 Å². The van der Waals surface area contributed by atoms with Gasteiger partial charge < -0.3 is 10.2 Å². The van der Waals surface area contributed by atoms with Gasteiger partial charge in [-0.25, -0.2) is 0 Å². The van der Waals surface area contributed by atoms with E-state index in [4.69, 9.17) is 0 Å². The first-order valence-corrected chi connectivity index (χ1v) is 8.90. The summed E-state index contributed by atoms with van der Waals surface area (Å²) < 4.78 is 0. The molecule has 2 aliphatic heterocycles. The van der Waals surface area contributed by atoms with Crippen molar-refractivity contribution in [2.24, 2.45) is 0 Å². The lowest BCUT2D eigenvalue weighted by molar-refractivity contribution is -0.141. The molecule has 0 spiro atoms. The third kappa shape index (κ3) is 5.96. The number of rotatable bonds is 4. The highest BCUT2D eigenvalue weighted by Gasteiger charge is 2.40. The van der Waals surface area contributed by atoms with E-state index in [2.05, 4.69) is 33.1 Å². The van der Waals surface area contributed by atoms with E-state index in [9.17, 15) is 4.79 Å². The minimum atomic E-state index is -0.304. The molecule has 0 aromatic carbocycles. The number of hydrogen-bond donors (Lipinski definition) is 1. The van der Waals surface area contributed by atoms with Gasteiger partial charge in [0.05, 0.1) is 11.2 Å². The lowest BCUT2D eigenvalue weighted by Crippen LogP contribution is -2.62. The van der Waals surface area contributed by atoms with Gasteiger partial charge in [-0.1, -0.05) is 13.0 Å². The van der Waals surface area contributed by atoms with Crippen molar-refractivity contribution in [1.82, 2.24) is 20.1 Å². The van der Waals surface area contributed by atoms with Crippen molar-refractivity contribution in [3.05, 3.63) is 30.1 Å². The van der Waals surface area contributed by atoms with Crippen LogP contribution < -0.4 is 5.32 Å². The summed E-state index contributed by atoms with van der Waals surface area (Å²) in [7, 11) is 0. The Labute approximate surface area is 175 Å². The summed E-state index contributed by atoms with van der Waals surface area (Å²) in [5.41, 5.74) is 0.799. The molecule has 3 rings (SSSR count). The van der Waals surface area contributed by atoms with Gasteiger partial charge in [-0.05, 0) is 44.4 Å². The van der Waals surface area contributed by atoms with Crippen LogP contribution in [0, 0.1) is 0 Å². The molecule has 2 saturated heterocycles. The average Bonchev–Trinajstić information content (AvgIpc) is 2.63. The number of aromatic nitrogens is 1. The van der Waals surface area contributed by atoms with E-state index in [-0.39, 0.29) is 42.8 Å². The number of amides is 1. The molecule has 0 aliphatic carbocycles. The van der Waals surface area contributed by atoms with E-state index >= 15 is 0 Å². The second-order valence-corrected chi connectivity index (χ2v) is 6.71. The predicted octanol–water partition coefficient (Wildman–Crippen LogP) is 2.91. The Kier molecular flexibility index (Phi) is 11.7. The van der Waals surface area contributed by atoms with Gasteiger partial charge in [-0.2, -0.15) is 0 Å². The van der Waals surface area contributed by atoms with Gasteiger partial charge >= 0.3 is 0 Å². The number of halogens is 3. The Bertz CT molecular complexity index is 518. The van der Waals surface area contributed by atoms with E-state index < -0.39 is 0 Å². The first-order chi connectivity index (χ1) is 11.2. The Morgan fingerprint density at radius 2 is 1.88 bits per heavy atom. The highest BCUT2D eigenvalue weighted by atomic mass is 35.5. The van der Waals surface area contributed by atoms with Crippen LogP contribution in [0.3, 0.4) is 0 Å². The molecule has 150 valence electrons. The zero-order chi connectivity index (χ0) is 16.1. The van der Waals surface area contributed by atoms with Crippen LogP contribution in [0.15, 0.2) is 24.4 Å². The number of hydrogen-bond acceptors (Lipinski definition) is 4. The summed E-state index contributed by atoms with van der Waals surface area (Å²) in [6.07, 6.45) is 6.06. The zero-order valence-corrected chi connectivity index (χ0v) is 17.8. The van der Waals surface area contributed by atoms with Crippen LogP contribution in [0.25, 0.3) is 0 Å². The fourth-order valence-corrected chi connectivity index (χ4v) is 3.74. The standard InChI is InChI=1S/C18H28N4O.3ClH/c1-2-18(8-4-6-10-20-18)17(23)22-13-11-21(12-14-22)15-16-7-3-5-9-19-16;;;/h3,5,7,9,20H,2,4,6,8,10-15H2,1H3;3*1H/t18-;;;/m0.../s1. The Morgan fingerprint density at radius 3 is 2.42 bits per heavy atom. The molecular weight excluding hydrogens is 395 g/mol. The highest BCUT2D eigenvalue weighted by molar-refractivity contribution is 5.86. The molecule has 8 heteroatoms. The van der Waals surface area contributed by atoms with Gasteiger partial charge in [0.25, 0.3) is 0 Å². The van der Waals surface area contributed by atoms with E-state index in [0.29, 0.717) is 5.91 Å². The van der Waals surface area contributed by atoms with Gasteiger partial charge in [0, 0.05) is 38.9 Å². The van der Waals surface area contributed by atoms with Gasteiger partial charge in [0.1, 0.15) is 0 Å². The van der Waals surface area contributed by atoms with Gasteiger partial charge in [-0.3, -0.25) is 14.7 Å².